The number of H-pyrrole nitrogens is 1. The number of nitrogens with one attached hydrogen (secondary N) is 2. The van der Waals surface area contributed by atoms with E-state index in [9.17, 15) is 4.79 Å². The summed E-state index contributed by atoms with van der Waals surface area (Å²) in [5.74, 6) is -0.274. The molecule has 1 aliphatic carbocycles. The molecule has 0 bridgehead atoms. The molecule has 27 heavy (non-hydrogen) atoms. The fourth-order valence-corrected chi connectivity index (χ4v) is 3.33. The Labute approximate surface area is 157 Å². The van der Waals surface area contributed by atoms with Gasteiger partial charge in [0.25, 0.3) is 5.91 Å². The average molecular weight is 359 g/mol. The van der Waals surface area contributed by atoms with Gasteiger partial charge < -0.3 is 4.90 Å². The zero-order valence-electron chi connectivity index (χ0n) is 15.4. The van der Waals surface area contributed by atoms with E-state index < -0.39 is 0 Å². The van der Waals surface area contributed by atoms with Crippen molar-refractivity contribution < 1.29 is 4.79 Å². The van der Waals surface area contributed by atoms with E-state index >= 15 is 0 Å². The molecular weight excluding hydrogens is 338 g/mol. The minimum absolute atomic E-state index is 0.274. The monoisotopic (exact) mass is 359 g/mol. The van der Waals surface area contributed by atoms with Gasteiger partial charge in [-0.1, -0.05) is 36.4 Å². The van der Waals surface area contributed by atoms with Gasteiger partial charge in [-0.25, -0.2) is 5.43 Å². The van der Waals surface area contributed by atoms with E-state index in [-0.39, 0.29) is 5.91 Å². The Kier molecular flexibility index (Phi) is 4.46. The minimum atomic E-state index is -0.274. The number of fused-ring (bicyclic) bond motifs is 3. The standard InChI is InChI=1S/C21H21N5O/c1-26(2)16-10-7-14(8-11-16)13-22-25-21(27)20-18-12-9-15-5-3-4-6-17(15)19(18)23-24-20/h3-8,10-11,13H,9,12H2,1-2H3,(H,23,24)(H,25,27). The number of nitrogens with zero attached hydrogens (tertiary/aromatic N) is 3. The highest BCUT2D eigenvalue weighted by Gasteiger charge is 2.24. The lowest BCUT2D eigenvalue weighted by Crippen LogP contribution is -2.20. The molecule has 0 fully saturated rings. The second-order valence-electron chi connectivity index (χ2n) is 6.77. The maximum atomic E-state index is 12.5. The van der Waals surface area contributed by atoms with Crippen LogP contribution in [0, 0.1) is 0 Å². The number of hydrogen-bond acceptors (Lipinski definition) is 4. The third-order valence-corrected chi connectivity index (χ3v) is 4.80. The van der Waals surface area contributed by atoms with Gasteiger partial charge in [0.05, 0.1) is 11.9 Å². The zero-order valence-corrected chi connectivity index (χ0v) is 15.4. The Bertz CT molecular complexity index is 1000. The quantitative estimate of drug-likeness (QED) is 0.555. The Balaban J connectivity index is 1.48. The SMILES string of the molecule is CN(C)c1ccc(C=NNC(=O)c2[nH]nc3c2CCc2ccccc2-3)cc1. The minimum Gasteiger partial charge on any atom is -0.378 e. The van der Waals surface area contributed by atoms with Crippen LogP contribution >= 0.6 is 0 Å². The molecule has 0 atom stereocenters. The first kappa shape index (κ1) is 17.0. The number of carbonyl (C=O) groups is 1. The molecule has 0 saturated heterocycles. The van der Waals surface area contributed by atoms with E-state index in [0.717, 1.165) is 40.9 Å². The summed E-state index contributed by atoms with van der Waals surface area (Å²) in [4.78, 5) is 14.6. The lowest BCUT2D eigenvalue weighted by Gasteiger charge is -2.15. The predicted molar refractivity (Wildman–Crippen MR) is 107 cm³/mol. The van der Waals surface area contributed by atoms with Gasteiger partial charge >= 0.3 is 0 Å². The van der Waals surface area contributed by atoms with Gasteiger partial charge in [0.1, 0.15) is 5.69 Å². The number of aryl methyl sites for hydroxylation is 1. The van der Waals surface area contributed by atoms with Crippen molar-refractivity contribution in [2.45, 2.75) is 12.8 Å². The van der Waals surface area contributed by atoms with Crippen molar-refractivity contribution in [3.05, 3.63) is 70.9 Å². The topological polar surface area (TPSA) is 73.4 Å². The molecule has 0 aliphatic heterocycles. The molecule has 2 N–H and O–H groups in total. The second-order valence-corrected chi connectivity index (χ2v) is 6.77. The molecule has 136 valence electrons. The average Bonchev–Trinajstić information content (AvgIpc) is 3.13. The van der Waals surface area contributed by atoms with Crippen LogP contribution in [0.5, 0.6) is 0 Å². The Morgan fingerprint density at radius 3 is 2.70 bits per heavy atom. The summed E-state index contributed by atoms with van der Waals surface area (Å²) in [6.07, 6.45) is 3.33. The maximum absolute atomic E-state index is 12.5. The van der Waals surface area contributed by atoms with Crippen LogP contribution in [-0.4, -0.2) is 36.4 Å². The van der Waals surface area contributed by atoms with Crippen LogP contribution in [0.2, 0.25) is 0 Å². The van der Waals surface area contributed by atoms with E-state index in [1.807, 2.05) is 61.5 Å². The van der Waals surface area contributed by atoms with Crippen molar-refractivity contribution >= 4 is 17.8 Å². The van der Waals surface area contributed by atoms with Gasteiger partial charge in [0, 0.05) is 30.9 Å². The fraction of sp³-hybridized carbons (Fsp3) is 0.190. The van der Waals surface area contributed by atoms with E-state index in [4.69, 9.17) is 0 Å². The summed E-state index contributed by atoms with van der Waals surface area (Å²) in [6.45, 7) is 0. The highest BCUT2D eigenvalue weighted by molar-refractivity contribution is 5.96. The zero-order chi connectivity index (χ0) is 18.8. The van der Waals surface area contributed by atoms with E-state index in [2.05, 4.69) is 26.8 Å². The number of anilines is 1. The van der Waals surface area contributed by atoms with Crippen molar-refractivity contribution in [3.8, 4) is 11.3 Å². The van der Waals surface area contributed by atoms with Crippen molar-refractivity contribution in [1.82, 2.24) is 15.6 Å². The summed E-state index contributed by atoms with van der Waals surface area (Å²) in [5, 5.41) is 11.3. The van der Waals surface area contributed by atoms with Crippen LogP contribution in [0.1, 0.15) is 27.2 Å². The molecule has 0 spiro atoms. The van der Waals surface area contributed by atoms with Gasteiger partial charge in [-0.3, -0.25) is 9.89 Å². The van der Waals surface area contributed by atoms with Gasteiger partial charge in [-0.15, -0.1) is 0 Å². The number of hydrazone groups is 1. The molecule has 0 radical (unpaired) electrons. The Morgan fingerprint density at radius 2 is 1.93 bits per heavy atom. The van der Waals surface area contributed by atoms with Crippen molar-refractivity contribution in [2.75, 3.05) is 19.0 Å². The number of amides is 1. The molecule has 1 aliphatic rings. The molecule has 2 aromatic carbocycles. The highest BCUT2D eigenvalue weighted by Crippen LogP contribution is 2.33. The first-order valence-electron chi connectivity index (χ1n) is 8.90. The Morgan fingerprint density at radius 1 is 1.15 bits per heavy atom. The number of rotatable bonds is 4. The van der Waals surface area contributed by atoms with E-state index in [1.54, 1.807) is 6.21 Å². The van der Waals surface area contributed by atoms with Crippen molar-refractivity contribution in [3.63, 3.8) is 0 Å². The Hall–Kier alpha value is -3.41. The maximum Gasteiger partial charge on any atom is 0.289 e. The third-order valence-electron chi connectivity index (χ3n) is 4.80. The third kappa shape index (κ3) is 3.33. The molecule has 0 saturated carbocycles. The number of carbonyl (C=O) groups excluding carboxylic acids is 1. The summed E-state index contributed by atoms with van der Waals surface area (Å²) in [5.41, 5.74) is 9.29. The normalized spacial score (nSPS) is 12.5. The molecule has 3 aromatic rings. The van der Waals surface area contributed by atoms with E-state index in [1.165, 1.54) is 5.56 Å². The number of hydrogen-bond donors (Lipinski definition) is 2. The van der Waals surface area contributed by atoms with Gasteiger partial charge in [-0.2, -0.15) is 10.2 Å². The van der Waals surface area contributed by atoms with Crippen LogP contribution in [0.4, 0.5) is 5.69 Å². The summed E-state index contributed by atoms with van der Waals surface area (Å²) in [7, 11) is 3.99. The highest BCUT2D eigenvalue weighted by atomic mass is 16.2. The number of aromatic amines is 1. The number of aromatic nitrogens is 2. The molecule has 4 rings (SSSR count). The van der Waals surface area contributed by atoms with Gasteiger partial charge in [-0.05, 0) is 36.1 Å². The molecule has 6 heteroatoms. The predicted octanol–water partition coefficient (Wildman–Crippen LogP) is 3.01. The smallest absolute Gasteiger partial charge is 0.289 e. The van der Waals surface area contributed by atoms with Crippen molar-refractivity contribution in [1.29, 1.82) is 0 Å². The van der Waals surface area contributed by atoms with Gasteiger partial charge in [0.2, 0.25) is 0 Å². The molecule has 0 unspecified atom stereocenters. The van der Waals surface area contributed by atoms with Crippen LogP contribution < -0.4 is 10.3 Å². The van der Waals surface area contributed by atoms with Crippen LogP contribution in [0.15, 0.2) is 53.6 Å². The first-order chi connectivity index (χ1) is 13.1. The molecule has 1 amide bonds. The summed E-state index contributed by atoms with van der Waals surface area (Å²) < 4.78 is 0. The summed E-state index contributed by atoms with van der Waals surface area (Å²) in [6, 6.07) is 16.1. The van der Waals surface area contributed by atoms with Gasteiger partial charge in [0.15, 0.2) is 0 Å². The lowest BCUT2D eigenvalue weighted by atomic mass is 9.89. The summed E-state index contributed by atoms with van der Waals surface area (Å²) >= 11 is 0. The molecule has 1 aromatic heterocycles. The second kappa shape index (κ2) is 7.07. The van der Waals surface area contributed by atoms with E-state index in [0.29, 0.717) is 5.69 Å². The molecule has 6 nitrogen and oxygen atoms in total. The largest absolute Gasteiger partial charge is 0.378 e. The van der Waals surface area contributed by atoms with Crippen LogP contribution in [0.25, 0.3) is 11.3 Å². The lowest BCUT2D eigenvalue weighted by molar-refractivity contribution is 0.0949. The molecule has 1 heterocycles. The van der Waals surface area contributed by atoms with Crippen LogP contribution in [0.3, 0.4) is 0 Å². The molecular formula is C21H21N5O. The fourth-order valence-electron chi connectivity index (χ4n) is 3.33. The van der Waals surface area contributed by atoms with Crippen molar-refractivity contribution in [2.24, 2.45) is 5.10 Å². The van der Waals surface area contributed by atoms with Crippen LogP contribution in [-0.2, 0) is 12.8 Å². The number of benzene rings is 2. The first-order valence-corrected chi connectivity index (χ1v) is 8.90.